The summed E-state index contributed by atoms with van der Waals surface area (Å²) >= 11 is 0. The predicted molar refractivity (Wildman–Crippen MR) is 106 cm³/mol. The largest absolute Gasteiger partial charge is 0.465 e. The number of esters is 1. The molecule has 6 nitrogen and oxygen atoms in total. The van der Waals surface area contributed by atoms with Crippen LogP contribution in [-0.4, -0.2) is 35.4 Å². The number of benzene rings is 1. The van der Waals surface area contributed by atoms with Crippen molar-refractivity contribution < 1.29 is 14.3 Å². The number of methoxy groups -OCH3 is 1. The molecule has 0 saturated heterocycles. The summed E-state index contributed by atoms with van der Waals surface area (Å²) in [6.45, 7) is 9.46. The van der Waals surface area contributed by atoms with Crippen molar-refractivity contribution in [2.75, 3.05) is 13.7 Å². The molecule has 0 unspecified atom stereocenters. The highest BCUT2D eigenvalue weighted by molar-refractivity contribution is 6.03. The molecule has 0 radical (unpaired) electrons. The molecular formula is C22H26N2O4. The molecule has 1 fully saturated rings. The van der Waals surface area contributed by atoms with Crippen molar-refractivity contribution >= 4 is 22.8 Å². The summed E-state index contributed by atoms with van der Waals surface area (Å²) in [5.74, 6) is -0.369. The van der Waals surface area contributed by atoms with E-state index in [4.69, 9.17) is 4.74 Å². The highest BCUT2D eigenvalue weighted by Crippen LogP contribution is 2.68. The second kappa shape index (κ2) is 5.93. The molecule has 1 amide bonds. The molecule has 0 bridgehead atoms. The molecule has 0 atom stereocenters. The number of carbonyl (C=O) groups is 2. The zero-order valence-electron chi connectivity index (χ0n) is 17.0. The topological polar surface area (TPSA) is 79.5 Å². The van der Waals surface area contributed by atoms with Crippen molar-refractivity contribution in [3.05, 3.63) is 45.2 Å². The fraction of sp³-hybridized carbons (Fsp3) is 0.500. The van der Waals surface area contributed by atoms with E-state index in [0.717, 1.165) is 5.69 Å². The van der Waals surface area contributed by atoms with Crippen LogP contribution in [-0.2, 0) is 22.5 Å². The van der Waals surface area contributed by atoms with Gasteiger partial charge >= 0.3 is 5.97 Å². The molecule has 1 aromatic carbocycles. The third kappa shape index (κ3) is 2.43. The number of rotatable bonds is 2. The number of carbonyl (C=O) groups excluding carboxylic acids is 2. The molecule has 4 rings (SSSR count). The number of amides is 1. The molecule has 2 heterocycles. The number of hydrogen-bond acceptors (Lipinski definition) is 4. The Morgan fingerprint density at radius 3 is 2.46 bits per heavy atom. The standard InChI is InChI=1S/C22H26N2O4/c1-21(2)18(22(21,3)4)19(26)24-10-9-12-15(11-24)23-14-8-6-7-13(20(27)28-5)16(14)17(12)25/h6-8,18H,9-11H2,1-5H3,(H,23,25). The summed E-state index contributed by atoms with van der Waals surface area (Å²) in [5.41, 5.74) is 2.09. The Labute approximate surface area is 163 Å². The van der Waals surface area contributed by atoms with E-state index in [0.29, 0.717) is 36.0 Å². The molecule has 1 N–H and O–H groups in total. The maximum Gasteiger partial charge on any atom is 0.338 e. The number of H-pyrrole nitrogens is 1. The molecule has 2 aliphatic rings. The van der Waals surface area contributed by atoms with Gasteiger partial charge < -0.3 is 14.6 Å². The van der Waals surface area contributed by atoms with Gasteiger partial charge in [-0.1, -0.05) is 33.8 Å². The summed E-state index contributed by atoms with van der Waals surface area (Å²) < 4.78 is 4.82. The minimum absolute atomic E-state index is 0.000319. The van der Waals surface area contributed by atoms with E-state index in [1.54, 1.807) is 18.2 Å². The number of aromatic amines is 1. The molecule has 28 heavy (non-hydrogen) atoms. The normalized spacial score (nSPS) is 20.0. The van der Waals surface area contributed by atoms with E-state index in [1.807, 2.05) is 4.90 Å². The first-order chi connectivity index (χ1) is 13.1. The lowest BCUT2D eigenvalue weighted by Gasteiger charge is -2.29. The molecule has 0 spiro atoms. The third-order valence-electron chi connectivity index (χ3n) is 7.18. The second-order valence-electron chi connectivity index (χ2n) is 9.02. The van der Waals surface area contributed by atoms with Crippen molar-refractivity contribution in [1.82, 2.24) is 9.88 Å². The van der Waals surface area contributed by atoms with Crippen LogP contribution in [0.3, 0.4) is 0 Å². The highest BCUT2D eigenvalue weighted by atomic mass is 16.5. The molecule has 148 valence electrons. The van der Waals surface area contributed by atoms with Crippen LogP contribution in [0.15, 0.2) is 23.0 Å². The van der Waals surface area contributed by atoms with Crippen LogP contribution in [0.2, 0.25) is 0 Å². The van der Waals surface area contributed by atoms with Crippen molar-refractivity contribution in [3.8, 4) is 0 Å². The average molecular weight is 382 g/mol. The Morgan fingerprint density at radius 2 is 1.86 bits per heavy atom. The summed E-state index contributed by atoms with van der Waals surface area (Å²) in [5, 5.41) is 0.359. The van der Waals surface area contributed by atoms with Crippen LogP contribution in [0.5, 0.6) is 0 Å². The van der Waals surface area contributed by atoms with Crippen molar-refractivity contribution in [3.63, 3.8) is 0 Å². The first-order valence-corrected chi connectivity index (χ1v) is 9.65. The second-order valence-corrected chi connectivity index (χ2v) is 9.02. The van der Waals surface area contributed by atoms with Gasteiger partial charge in [-0.2, -0.15) is 0 Å². The lowest BCUT2D eigenvalue weighted by Crippen LogP contribution is -2.40. The number of aromatic nitrogens is 1. The maximum atomic E-state index is 13.1. The summed E-state index contributed by atoms with van der Waals surface area (Å²) in [6, 6.07) is 5.10. The van der Waals surface area contributed by atoms with Crippen LogP contribution >= 0.6 is 0 Å². The lowest BCUT2D eigenvalue weighted by molar-refractivity contribution is -0.134. The molecule has 1 saturated carbocycles. The van der Waals surface area contributed by atoms with Gasteiger partial charge in [0.15, 0.2) is 5.43 Å². The van der Waals surface area contributed by atoms with E-state index in [-0.39, 0.29) is 33.6 Å². The molecule has 6 heteroatoms. The number of fused-ring (bicyclic) bond motifs is 2. The van der Waals surface area contributed by atoms with Gasteiger partial charge in [0.1, 0.15) is 0 Å². The first kappa shape index (κ1) is 18.7. The lowest BCUT2D eigenvalue weighted by atomic mass is 9.98. The zero-order valence-corrected chi connectivity index (χ0v) is 17.0. The van der Waals surface area contributed by atoms with E-state index in [9.17, 15) is 14.4 Å². The van der Waals surface area contributed by atoms with Crippen molar-refractivity contribution in [2.24, 2.45) is 16.7 Å². The van der Waals surface area contributed by atoms with Crippen molar-refractivity contribution in [1.29, 1.82) is 0 Å². The summed E-state index contributed by atoms with van der Waals surface area (Å²) in [7, 11) is 1.30. The molecule has 1 aliphatic carbocycles. The van der Waals surface area contributed by atoms with Gasteiger partial charge in [0.2, 0.25) is 5.91 Å². The maximum absolute atomic E-state index is 13.1. The monoisotopic (exact) mass is 382 g/mol. The Kier molecular flexibility index (Phi) is 3.97. The minimum atomic E-state index is -0.526. The van der Waals surface area contributed by atoms with E-state index in [2.05, 4.69) is 32.7 Å². The van der Waals surface area contributed by atoms with Crippen LogP contribution < -0.4 is 5.43 Å². The zero-order chi connectivity index (χ0) is 20.4. The average Bonchev–Trinajstić information content (AvgIpc) is 3.08. The van der Waals surface area contributed by atoms with Crippen LogP contribution in [0.1, 0.15) is 49.3 Å². The van der Waals surface area contributed by atoms with Crippen molar-refractivity contribution in [2.45, 2.75) is 40.7 Å². The number of nitrogens with one attached hydrogen (secondary N) is 1. The first-order valence-electron chi connectivity index (χ1n) is 9.65. The predicted octanol–water partition coefficient (Wildman–Crippen LogP) is 2.88. The number of pyridine rings is 1. The van der Waals surface area contributed by atoms with E-state index >= 15 is 0 Å². The Morgan fingerprint density at radius 1 is 1.18 bits per heavy atom. The van der Waals surface area contributed by atoms with Gasteiger partial charge in [-0.3, -0.25) is 9.59 Å². The van der Waals surface area contributed by atoms with Gasteiger partial charge in [0.25, 0.3) is 0 Å². The summed E-state index contributed by atoms with van der Waals surface area (Å²) in [6.07, 6.45) is 0.482. The van der Waals surface area contributed by atoms with Gasteiger partial charge in [-0.25, -0.2) is 4.79 Å². The smallest absolute Gasteiger partial charge is 0.338 e. The number of ether oxygens (including phenoxy) is 1. The van der Waals surface area contributed by atoms with Gasteiger partial charge in [-0.15, -0.1) is 0 Å². The fourth-order valence-corrected chi connectivity index (χ4v) is 4.81. The SMILES string of the molecule is COC(=O)c1cccc2[nH]c3c(c(=O)c12)CCN(C(=O)C1C(C)(C)C1(C)C)C3. The number of nitrogens with zero attached hydrogens (tertiary/aromatic N) is 1. The Balaban J connectivity index is 1.72. The van der Waals surface area contributed by atoms with Crippen LogP contribution in [0.25, 0.3) is 10.9 Å². The highest BCUT2D eigenvalue weighted by Gasteiger charge is 2.68. The summed E-state index contributed by atoms with van der Waals surface area (Å²) in [4.78, 5) is 43.4. The fourth-order valence-electron chi connectivity index (χ4n) is 4.81. The van der Waals surface area contributed by atoms with E-state index in [1.165, 1.54) is 7.11 Å². The number of hydrogen-bond donors (Lipinski definition) is 1. The molecular weight excluding hydrogens is 356 g/mol. The molecule has 2 aromatic rings. The van der Waals surface area contributed by atoms with E-state index < -0.39 is 5.97 Å². The van der Waals surface area contributed by atoms with Gasteiger partial charge in [0.05, 0.1) is 30.1 Å². The minimum Gasteiger partial charge on any atom is -0.465 e. The van der Waals surface area contributed by atoms with Crippen LogP contribution in [0.4, 0.5) is 0 Å². The molecule has 1 aromatic heterocycles. The van der Waals surface area contributed by atoms with Gasteiger partial charge in [0, 0.05) is 23.7 Å². The quantitative estimate of drug-likeness (QED) is 0.810. The third-order valence-corrected chi connectivity index (χ3v) is 7.18. The Bertz CT molecular complexity index is 1050. The molecule has 1 aliphatic heterocycles. The van der Waals surface area contributed by atoms with Gasteiger partial charge in [-0.05, 0) is 29.4 Å². The Hall–Kier alpha value is -2.63. The van der Waals surface area contributed by atoms with Crippen LogP contribution in [0, 0.1) is 16.7 Å².